The van der Waals surface area contributed by atoms with Crippen LogP contribution >= 0.6 is 0 Å². The van der Waals surface area contributed by atoms with Gasteiger partial charge in [0, 0.05) is 6.54 Å². The summed E-state index contributed by atoms with van der Waals surface area (Å²) in [6.45, 7) is 5.35. The van der Waals surface area contributed by atoms with Gasteiger partial charge in [0.15, 0.2) is 0 Å². The normalized spacial score (nSPS) is 18.9. The van der Waals surface area contributed by atoms with E-state index in [-0.39, 0.29) is 11.8 Å². The molecule has 0 unspecified atom stereocenters. The molecular weight excluding hydrogens is 400 g/mol. The van der Waals surface area contributed by atoms with Crippen molar-refractivity contribution < 1.29 is 24.3 Å². The summed E-state index contributed by atoms with van der Waals surface area (Å²) in [7, 11) is 0. The van der Waals surface area contributed by atoms with Crippen LogP contribution in [0.2, 0.25) is 0 Å². The summed E-state index contributed by atoms with van der Waals surface area (Å²) in [5.74, 6) is -2.67. The highest BCUT2D eigenvalue weighted by molar-refractivity contribution is 5.94. The Bertz CT molecular complexity index is 798. The molecule has 1 heterocycles. The Hall–Kier alpha value is -2.94. The van der Waals surface area contributed by atoms with E-state index in [2.05, 4.69) is 10.6 Å². The Kier molecular flexibility index (Phi) is 8.56. The van der Waals surface area contributed by atoms with Crippen LogP contribution in [0.3, 0.4) is 0 Å². The van der Waals surface area contributed by atoms with E-state index in [1.807, 2.05) is 44.2 Å². The Balaban J connectivity index is 2.05. The van der Waals surface area contributed by atoms with Gasteiger partial charge in [-0.3, -0.25) is 19.2 Å². The maximum Gasteiger partial charge on any atom is 0.325 e. The SMILES string of the molecule is CC(C)[C@H](NC(=O)[C@@H](N)Cc1ccccc1)C(=O)N1CCC[C@H]1C(=O)N[C@@H](C)C(=O)O. The molecule has 1 aromatic rings. The molecule has 5 N–H and O–H groups in total. The third-order valence-electron chi connectivity index (χ3n) is 5.43. The maximum atomic E-state index is 13.2. The van der Waals surface area contributed by atoms with E-state index in [9.17, 15) is 19.2 Å². The molecule has 1 fully saturated rings. The molecule has 4 atom stereocenters. The molecule has 9 nitrogen and oxygen atoms in total. The molecule has 1 aliphatic heterocycles. The number of carbonyl (C=O) groups excluding carboxylic acids is 3. The van der Waals surface area contributed by atoms with Gasteiger partial charge in [-0.2, -0.15) is 0 Å². The molecule has 1 aliphatic rings. The van der Waals surface area contributed by atoms with Crippen molar-refractivity contribution in [2.45, 2.75) is 64.2 Å². The Morgan fingerprint density at radius 2 is 1.77 bits per heavy atom. The van der Waals surface area contributed by atoms with Crippen LogP contribution in [0.4, 0.5) is 0 Å². The van der Waals surface area contributed by atoms with E-state index in [0.29, 0.717) is 25.8 Å². The monoisotopic (exact) mass is 432 g/mol. The van der Waals surface area contributed by atoms with E-state index < -0.39 is 42.0 Å². The van der Waals surface area contributed by atoms with Gasteiger partial charge in [0.05, 0.1) is 6.04 Å². The van der Waals surface area contributed by atoms with E-state index in [0.717, 1.165) is 5.56 Å². The summed E-state index contributed by atoms with van der Waals surface area (Å²) in [6, 6.07) is 5.90. The van der Waals surface area contributed by atoms with Crippen LogP contribution in [-0.2, 0) is 25.6 Å². The van der Waals surface area contributed by atoms with Crippen LogP contribution in [0.25, 0.3) is 0 Å². The summed E-state index contributed by atoms with van der Waals surface area (Å²) in [4.78, 5) is 50.9. The third kappa shape index (κ3) is 6.52. The molecule has 31 heavy (non-hydrogen) atoms. The van der Waals surface area contributed by atoms with Crippen LogP contribution in [0.1, 0.15) is 39.2 Å². The van der Waals surface area contributed by atoms with Crippen LogP contribution in [0.5, 0.6) is 0 Å². The molecule has 3 amide bonds. The topological polar surface area (TPSA) is 142 Å². The van der Waals surface area contributed by atoms with Gasteiger partial charge >= 0.3 is 5.97 Å². The van der Waals surface area contributed by atoms with E-state index in [1.54, 1.807) is 0 Å². The molecule has 0 aliphatic carbocycles. The summed E-state index contributed by atoms with van der Waals surface area (Å²) >= 11 is 0. The van der Waals surface area contributed by atoms with Gasteiger partial charge in [-0.05, 0) is 37.7 Å². The first-order valence-corrected chi connectivity index (χ1v) is 10.5. The highest BCUT2D eigenvalue weighted by Crippen LogP contribution is 2.21. The molecule has 0 bridgehead atoms. The van der Waals surface area contributed by atoms with Gasteiger partial charge in [0.1, 0.15) is 18.1 Å². The zero-order valence-corrected chi connectivity index (χ0v) is 18.2. The first-order valence-electron chi connectivity index (χ1n) is 10.5. The second kappa shape index (κ2) is 10.9. The predicted octanol–water partition coefficient (Wildman–Crippen LogP) is 0.278. The van der Waals surface area contributed by atoms with Gasteiger partial charge in [0.2, 0.25) is 17.7 Å². The first-order chi connectivity index (χ1) is 14.6. The lowest BCUT2D eigenvalue weighted by Crippen LogP contribution is -2.58. The fourth-order valence-electron chi connectivity index (χ4n) is 3.59. The van der Waals surface area contributed by atoms with Crippen molar-refractivity contribution in [3.8, 4) is 0 Å². The number of carboxylic acid groups (broad SMARTS) is 1. The van der Waals surface area contributed by atoms with Crippen LogP contribution in [-0.4, -0.2) is 64.4 Å². The zero-order chi connectivity index (χ0) is 23.1. The Morgan fingerprint density at radius 3 is 2.35 bits per heavy atom. The summed E-state index contributed by atoms with van der Waals surface area (Å²) in [6.07, 6.45) is 1.40. The molecule has 170 valence electrons. The van der Waals surface area contributed by atoms with Gasteiger partial charge < -0.3 is 26.4 Å². The van der Waals surface area contributed by atoms with E-state index >= 15 is 0 Å². The van der Waals surface area contributed by atoms with Crippen molar-refractivity contribution in [2.75, 3.05) is 6.54 Å². The number of nitrogens with zero attached hydrogens (tertiary/aromatic N) is 1. The number of aliphatic carboxylic acids is 1. The fraction of sp³-hybridized carbons (Fsp3) is 0.545. The quantitative estimate of drug-likeness (QED) is 0.441. The van der Waals surface area contributed by atoms with Crippen molar-refractivity contribution in [2.24, 2.45) is 11.7 Å². The predicted molar refractivity (Wildman–Crippen MR) is 115 cm³/mol. The Morgan fingerprint density at radius 1 is 1.13 bits per heavy atom. The molecule has 2 rings (SSSR count). The number of nitrogens with one attached hydrogen (secondary N) is 2. The van der Waals surface area contributed by atoms with Gasteiger partial charge in [-0.25, -0.2) is 0 Å². The molecule has 0 saturated carbocycles. The van der Waals surface area contributed by atoms with Crippen molar-refractivity contribution in [3.63, 3.8) is 0 Å². The minimum absolute atomic E-state index is 0.220. The molecule has 9 heteroatoms. The average molecular weight is 433 g/mol. The average Bonchev–Trinajstić information content (AvgIpc) is 3.21. The van der Waals surface area contributed by atoms with E-state index in [1.165, 1.54) is 11.8 Å². The number of hydrogen-bond donors (Lipinski definition) is 4. The number of hydrogen-bond acceptors (Lipinski definition) is 5. The summed E-state index contributed by atoms with van der Waals surface area (Å²) in [5.41, 5.74) is 6.97. The molecule has 1 saturated heterocycles. The molecular formula is C22H32N4O5. The lowest BCUT2D eigenvalue weighted by molar-refractivity contribution is -0.145. The van der Waals surface area contributed by atoms with Crippen molar-refractivity contribution >= 4 is 23.7 Å². The number of carbonyl (C=O) groups is 4. The van der Waals surface area contributed by atoms with Crippen molar-refractivity contribution in [1.29, 1.82) is 0 Å². The summed E-state index contributed by atoms with van der Waals surface area (Å²) in [5, 5.41) is 14.2. The molecule has 1 aromatic carbocycles. The highest BCUT2D eigenvalue weighted by Gasteiger charge is 2.39. The number of benzene rings is 1. The standard InChI is InChI=1S/C22H32N4O5/c1-13(2)18(25-19(27)16(23)12-15-8-5-4-6-9-15)21(29)26-11-7-10-17(26)20(28)24-14(3)22(30)31/h4-6,8-9,13-14,16-18H,7,10-12,23H2,1-3H3,(H,24,28)(H,25,27)(H,30,31)/t14-,16-,17-,18-/m0/s1. The van der Waals surface area contributed by atoms with E-state index in [4.69, 9.17) is 10.8 Å². The summed E-state index contributed by atoms with van der Waals surface area (Å²) < 4.78 is 0. The second-order valence-electron chi connectivity index (χ2n) is 8.28. The number of likely N-dealkylation sites (tertiary alicyclic amines) is 1. The zero-order valence-electron chi connectivity index (χ0n) is 18.2. The minimum atomic E-state index is -1.15. The largest absolute Gasteiger partial charge is 0.480 e. The Labute approximate surface area is 182 Å². The number of rotatable bonds is 9. The lowest BCUT2D eigenvalue weighted by atomic mass is 10.0. The number of amides is 3. The highest BCUT2D eigenvalue weighted by atomic mass is 16.4. The maximum absolute atomic E-state index is 13.2. The van der Waals surface area contributed by atoms with Crippen molar-refractivity contribution in [3.05, 3.63) is 35.9 Å². The van der Waals surface area contributed by atoms with Crippen LogP contribution in [0, 0.1) is 5.92 Å². The van der Waals surface area contributed by atoms with Gasteiger partial charge in [-0.1, -0.05) is 44.2 Å². The molecule has 0 aromatic heterocycles. The lowest BCUT2D eigenvalue weighted by Gasteiger charge is -2.31. The van der Waals surface area contributed by atoms with Crippen LogP contribution in [0.15, 0.2) is 30.3 Å². The smallest absolute Gasteiger partial charge is 0.325 e. The molecule has 0 radical (unpaired) electrons. The van der Waals surface area contributed by atoms with Gasteiger partial charge in [0.25, 0.3) is 0 Å². The minimum Gasteiger partial charge on any atom is -0.480 e. The first kappa shape index (κ1) is 24.3. The van der Waals surface area contributed by atoms with Crippen LogP contribution < -0.4 is 16.4 Å². The fourth-order valence-corrected chi connectivity index (χ4v) is 3.59. The van der Waals surface area contributed by atoms with Crippen molar-refractivity contribution in [1.82, 2.24) is 15.5 Å². The third-order valence-corrected chi connectivity index (χ3v) is 5.43. The number of carboxylic acids is 1. The molecule has 0 spiro atoms. The number of nitrogens with two attached hydrogens (primary N) is 1. The second-order valence-corrected chi connectivity index (χ2v) is 8.28. The van der Waals surface area contributed by atoms with Gasteiger partial charge in [-0.15, -0.1) is 0 Å².